The Hall–Kier alpha value is -1.78. The SMILES string of the molecule is C=CCN(CC=C)C(=O)NCCC(CCC(=O)O)C(C)C. The number of carboxylic acids is 1. The van der Waals surface area contributed by atoms with E-state index in [1.165, 1.54) is 0 Å². The molecule has 5 heteroatoms. The first kappa shape index (κ1) is 19.2. The van der Waals surface area contributed by atoms with Crippen molar-refractivity contribution in [3.8, 4) is 0 Å². The summed E-state index contributed by atoms with van der Waals surface area (Å²) in [5.41, 5.74) is 0. The van der Waals surface area contributed by atoms with E-state index in [0.717, 1.165) is 6.42 Å². The molecule has 1 unspecified atom stereocenters. The molecule has 21 heavy (non-hydrogen) atoms. The fourth-order valence-corrected chi connectivity index (χ4v) is 2.15. The van der Waals surface area contributed by atoms with E-state index in [-0.39, 0.29) is 12.5 Å². The van der Waals surface area contributed by atoms with Crippen LogP contribution in [0.1, 0.15) is 33.1 Å². The van der Waals surface area contributed by atoms with E-state index in [1.807, 2.05) is 0 Å². The third-order valence-corrected chi connectivity index (χ3v) is 3.45. The van der Waals surface area contributed by atoms with Crippen molar-refractivity contribution in [3.63, 3.8) is 0 Å². The van der Waals surface area contributed by atoms with Crippen LogP contribution in [0.3, 0.4) is 0 Å². The van der Waals surface area contributed by atoms with Crippen LogP contribution in [0.5, 0.6) is 0 Å². The molecule has 1 atom stereocenters. The monoisotopic (exact) mass is 296 g/mol. The number of carbonyl (C=O) groups is 2. The summed E-state index contributed by atoms with van der Waals surface area (Å²) in [7, 11) is 0. The summed E-state index contributed by atoms with van der Waals surface area (Å²) in [5, 5.41) is 11.6. The summed E-state index contributed by atoms with van der Waals surface area (Å²) in [6.07, 6.45) is 4.95. The van der Waals surface area contributed by atoms with E-state index in [1.54, 1.807) is 17.1 Å². The van der Waals surface area contributed by atoms with Gasteiger partial charge in [0.25, 0.3) is 0 Å². The largest absolute Gasteiger partial charge is 0.481 e. The first-order valence-electron chi connectivity index (χ1n) is 7.38. The molecule has 0 aliphatic heterocycles. The summed E-state index contributed by atoms with van der Waals surface area (Å²) in [4.78, 5) is 24.2. The molecular formula is C16H28N2O3. The van der Waals surface area contributed by atoms with Crippen LogP contribution in [-0.4, -0.2) is 41.6 Å². The van der Waals surface area contributed by atoms with Crippen LogP contribution in [0.2, 0.25) is 0 Å². The van der Waals surface area contributed by atoms with E-state index in [0.29, 0.717) is 37.9 Å². The minimum Gasteiger partial charge on any atom is -0.481 e. The molecule has 2 N–H and O–H groups in total. The standard InChI is InChI=1S/C16H28N2O3/c1-5-11-18(12-6-2)16(21)17-10-9-14(13(3)4)7-8-15(19)20/h5-6,13-14H,1-2,7-12H2,3-4H3,(H,17,21)(H,19,20). The maximum Gasteiger partial charge on any atom is 0.317 e. The van der Waals surface area contributed by atoms with Crippen LogP contribution in [-0.2, 0) is 4.79 Å². The molecule has 0 aliphatic rings. The second kappa shape index (κ2) is 10.9. The molecule has 0 aromatic carbocycles. The zero-order valence-corrected chi connectivity index (χ0v) is 13.2. The Morgan fingerprint density at radius 3 is 2.19 bits per heavy atom. The molecular weight excluding hydrogens is 268 g/mol. The Kier molecular flexibility index (Phi) is 10.0. The number of nitrogens with one attached hydrogen (secondary N) is 1. The average Bonchev–Trinajstić information content (AvgIpc) is 2.41. The lowest BCUT2D eigenvalue weighted by atomic mass is 9.88. The zero-order chi connectivity index (χ0) is 16.3. The van der Waals surface area contributed by atoms with E-state index < -0.39 is 5.97 Å². The van der Waals surface area contributed by atoms with Gasteiger partial charge in [-0.15, -0.1) is 13.2 Å². The third kappa shape index (κ3) is 8.89. The van der Waals surface area contributed by atoms with Crippen molar-refractivity contribution in [2.75, 3.05) is 19.6 Å². The van der Waals surface area contributed by atoms with Gasteiger partial charge in [-0.25, -0.2) is 4.79 Å². The Labute approximate surface area is 127 Å². The van der Waals surface area contributed by atoms with Gasteiger partial charge in [0, 0.05) is 26.1 Å². The van der Waals surface area contributed by atoms with E-state index >= 15 is 0 Å². The summed E-state index contributed by atoms with van der Waals surface area (Å²) in [6, 6.07) is -0.143. The predicted octanol–water partition coefficient (Wildman–Crippen LogP) is 2.90. The summed E-state index contributed by atoms with van der Waals surface area (Å²) in [5.74, 6) is -0.0693. The van der Waals surface area contributed by atoms with Gasteiger partial charge in [0.15, 0.2) is 0 Å². The smallest absolute Gasteiger partial charge is 0.317 e. The topological polar surface area (TPSA) is 69.6 Å². The van der Waals surface area contributed by atoms with Crippen molar-refractivity contribution in [2.24, 2.45) is 11.8 Å². The van der Waals surface area contributed by atoms with Crippen LogP contribution < -0.4 is 5.32 Å². The van der Waals surface area contributed by atoms with Crippen LogP contribution in [0, 0.1) is 11.8 Å². The van der Waals surface area contributed by atoms with Crippen molar-refractivity contribution in [1.29, 1.82) is 0 Å². The second-order valence-corrected chi connectivity index (χ2v) is 5.44. The quantitative estimate of drug-likeness (QED) is 0.576. The van der Waals surface area contributed by atoms with Crippen LogP contribution in [0.25, 0.3) is 0 Å². The molecule has 120 valence electrons. The lowest BCUT2D eigenvalue weighted by molar-refractivity contribution is -0.137. The molecule has 0 aromatic heterocycles. The predicted molar refractivity (Wildman–Crippen MR) is 85.2 cm³/mol. The second-order valence-electron chi connectivity index (χ2n) is 5.44. The van der Waals surface area contributed by atoms with Gasteiger partial charge < -0.3 is 15.3 Å². The Balaban J connectivity index is 4.22. The van der Waals surface area contributed by atoms with Crippen molar-refractivity contribution in [1.82, 2.24) is 10.2 Å². The molecule has 0 spiro atoms. The maximum absolute atomic E-state index is 12.0. The molecule has 0 heterocycles. The molecule has 0 rings (SSSR count). The first-order chi connectivity index (χ1) is 9.92. The molecule has 0 bridgehead atoms. The number of amides is 2. The molecule has 2 amide bonds. The third-order valence-electron chi connectivity index (χ3n) is 3.45. The van der Waals surface area contributed by atoms with Crippen molar-refractivity contribution in [2.45, 2.75) is 33.1 Å². The maximum atomic E-state index is 12.0. The number of nitrogens with zero attached hydrogens (tertiary/aromatic N) is 1. The summed E-state index contributed by atoms with van der Waals surface area (Å²) >= 11 is 0. The van der Waals surface area contributed by atoms with Crippen LogP contribution >= 0.6 is 0 Å². The highest BCUT2D eigenvalue weighted by Gasteiger charge is 2.16. The fourth-order valence-electron chi connectivity index (χ4n) is 2.15. The molecule has 0 aromatic rings. The van der Waals surface area contributed by atoms with E-state index in [2.05, 4.69) is 32.3 Å². The normalized spacial score (nSPS) is 11.8. The van der Waals surface area contributed by atoms with Crippen molar-refractivity contribution in [3.05, 3.63) is 25.3 Å². The van der Waals surface area contributed by atoms with Gasteiger partial charge >= 0.3 is 12.0 Å². The van der Waals surface area contributed by atoms with E-state index in [9.17, 15) is 9.59 Å². The van der Waals surface area contributed by atoms with Gasteiger partial charge in [-0.05, 0) is 24.7 Å². The fraction of sp³-hybridized carbons (Fsp3) is 0.625. The molecule has 0 saturated carbocycles. The Morgan fingerprint density at radius 1 is 1.19 bits per heavy atom. The van der Waals surface area contributed by atoms with Gasteiger partial charge in [-0.2, -0.15) is 0 Å². The summed E-state index contributed by atoms with van der Waals surface area (Å²) < 4.78 is 0. The number of carboxylic acid groups (broad SMARTS) is 1. The van der Waals surface area contributed by atoms with Crippen molar-refractivity contribution < 1.29 is 14.7 Å². The van der Waals surface area contributed by atoms with Crippen molar-refractivity contribution >= 4 is 12.0 Å². The van der Waals surface area contributed by atoms with Gasteiger partial charge in [-0.3, -0.25) is 4.79 Å². The highest BCUT2D eigenvalue weighted by atomic mass is 16.4. The number of rotatable bonds is 11. The molecule has 0 aliphatic carbocycles. The van der Waals surface area contributed by atoms with Gasteiger partial charge in [0.2, 0.25) is 0 Å². The van der Waals surface area contributed by atoms with Gasteiger partial charge in [-0.1, -0.05) is 26.0 Å². The number of urea groups is 1. The van der Waals surface area contributed by atoms with Crippen LogP contribution in [0.15, 0.2) is 25.3 Å². The lowest BCUT2D eigenvalue weighted by Gasteiger charge is -2.23. The molecule has 0 radical (unpaired) electrons. The number of hydrogen-bond donors (Lipinski definition) is 2. The van der Waals surface area contributed by atoms with E-state index in [4.69, 9.17) is 5.11 Å². The number of carbonyl (C=O) groups excluding carboxylic acids is 1. The number of aliphatic carboxylic acids is 1. The number of hydrogen-bond acceptors (Lipinski definition) is 2. The highest BCUT2D eigenvalue weighted by Crippen LogP contribution is 2.20. The molecule has 0 fully saturated rings. The van der Waals surface area contributed by atoms with Gasteiger partial charge in [0.05, 0.1) is 0 Å². The highest BCUT2D eigenvalue weighted by molar-refractivity contribution is 5.74. The van der Waals surface area contributed by atoms with Crippen LogP contribution in [0.4, 0.5) is 4.79 Å². The minimum atomic E-state index is -0.771. The Bertz CT molecular complexity index is 343. The zero-order valence-electron chi connectivity index (χ0n) is 13.2. The summed E-state index contributed by atoms with van der Waals surface area (Å²) in [6.45, 7) is 12.9. The van der Waals surface area contributed by atoms with Gasteiger partial charge in [0.1, 0.15) is 0 Å². The average molecular weight is 296 g/mol. The lowest BCUT2D eigenvalue weighted by Crippen LogP contribution is -2.41. The minimum absolute atomic E-state index is 0.143. The Morgan fingerprint density at radius 2 is 1.76 bits per heavy atom. The first-order valence-corrected chi connectivity index (χ1v) is 7.38. The molecule has 0 saturated heterocycles. The molecule has 5 nitrogen and oxygen atoms in total.